The van der Waals surface area contributed by atoms with Gasteiger partial charge in [-0.2, -0.15) is 10.1 Å². The lowest BCUT2D eigenvalue weighted by atomic mass is 10.0. The van der Waals surface area contributed by atoms with E-state index in [1.807, 2.05) is 18.2 Å². The van der Waals surface area contributed by atoms with Crippen molar-refractivity contribution < 1.29 is 19.4 Å². The van der Waals surface area contributed by atoms with Gasteiger partial charge in [-0.25, -0.2) is 4.79 Å². The van der Waals surface area contributed by atoms with Crippen LogP contribution in [0.2, 0.25) is 0 Å². The van der Waals surface area contributed by atoms with E-state index in [2.05, 4.69) is 33.6 Å². The fourth-order valence-electron chi connectivity index (χ4n) is 4.44. The third kappa shape index (κ3) is 4.64. The quantitative estimate of drug-likeness (QED) is 0.487. The average Bonchev–Trinajstić information content (AvgIpc) is 3.69. The second-order valence-electron chi connectivity index (χ2n) is 8.95. The zero-order valence-electron chi connectivity index (χ0n) is 19.7. The first-order chi connectivity index (χ1) is 16.9. The van der Waals surface area contributed by atoms with Crippen molar-refractivity contribution in [1.29, 1.82) is 0 Å². The molecule has 3 aliphatic rings. The highest BCUT2D eigenvalue weighted by atomic mass is 16.5. The summed E-state index contributed by atoms with van der Waals surface area (Å²) in [7, 11) is 1.64. The largest absolute Gasteiger partial charge is 0.483 e. The molecule has 35 heavy (non-hydrogen) atoms. The van der Waals surface area contributed by atoms with Gasteiger partial charge in [0.1, 0.15) is 0 Å². The Morgan fingerprint density at radius 3 is 2.23 bits per heavy atom. The van der Waals surface area contributed by atoms with Crippen LogP contribution in [0, 0.1) is 5.92 Å². The molecular weight excluding hydrogens is 444 g/mol. The zero-order valence-corrected chi connectivity index (χ0v) is 19.7. The SMILES string of the molecule is C=C(OC)N1CCN(c2ccc(/C=C3\C(=O)N(c4ccc(C(=O)O)cc4)N=C3C3CC3)cc2)CC1. The number of nitrogens with zero attached hydrogens (tertiary/aromatic N) is 4. The number of piperazine rings is 1. The van der Waals surface area contributed by atoms with Gasteiger partial charge in [0.15, 0.2) is 5.88 Å². The van der Waals surface area contributed by atoms with Crippen molar-refractivity contribution in [1.82, 2.24) is 4.90 Å². The van der Waals surface area contributed by atoms with E-state index in [4.69, 9.17) is 9.84 Å². The van der Waals surface area contributed by atoms with Crippen molar-refractivity contribution in [2.24, 2.45) is 11.0 Å². The molecule has 180 valence electrons. The highest BCUT2D eigenvalue weighted by Crippen LogP contribution is 2.38. The molecule has 2 aliphatic heterocycles. The van der Waals surface area contributed by atoms with Crippen LogP contribution in [0.3, 0.4) is 0 Å². The first-order valence-electron chi connectivity index (χ1n) is 11.8. The minimum absolute atomic E-state index is 0.174. The Kier molecular flexibility index (Phi) is 6.03. The van der Waals surface area contributed by atoms with Gasteiger partial charge in [0.2, 0.25) is 0 Å². The van der Waals surface area contributed by atoms with Crippen molar-refractivity contribution in [3.63, 3.8) is 0 Å². The van der Waals surface area contributed by atoms with Gasteiger partial charge in [-0.15, -0.1) is 0 Å². The fraction of sp³-hybridized carbons (Fsp3) is 0.296. The number of carboxylic acid groups (broad SMARTS) is 1. The molecule has 1 N–H and O–H groups in total. The third-order valence-electron chi connectivity index (χ3n) is 6.67. The molecule has 0 radical (unpaired) electrons. The number of amides is 1. The Hall–Kier alpha value is -4.07. The van der Waals surface area contributed by atoms with Crippen molar-refractivity contribution >= 4 is 35.0 Å². The van der Waals surface area contributed by atoms with Gasteiger partial charge in [-0.05, 0) is 67.5 Å². The van der Waals surface area contributed by atoms with E-state index < -0.39 is 5.97 Å². The lowest BCUT2D eigenvalue weighted by molar-refractivity contribution is -0.114. The maximum atomic E-state index is 13.3. The predicted molar refractivity (Wildman–Crippen MR) is 135 cm³/mol. The van der Waals surface area contributed by atoms with Crippen molar-refractivity contribution in [2.45, 2.75) is 12.8 Å². The molecule has 1 saturated heterocycles. The first kappa shape index (κ1) is 22.7. The van der Waals surface area contributed by atoms with Gasteiger partial charge in [-0.1, -0.05) is 12.1 Å². The van der Waals surface area contributed by atoms with Crippen LogP contribution in [0.15, 0.2) is 71.7 Å². The van der Waals surface area contributed by atoms with Crippen LogP contribution in [-0.4, -0.2) is 60.9 Å². The van der Waals surface area contributed by atoms with Gasteiger partial charge in [0.05, 0.1) is 29.6 Å². The molecule has 1 saturated carbocycles. The van der Waals surface area contributed by atoms with Gasteiger partial charge < -0.3 is 19.6 Å². The number of aromatic carboxylic acids is 1. The molecule has 0 unspecified atom stereocenters. The molecule has 8 heteroatoms. The standard InChI is InChI=1S/C27H28N4O4/c1-18(35-2)29-13-15-30(16-14-29)22-9-3-19(4-10-22)17-24-25(20-5-6-20)28-31(26(24)32)23-11-7-21(8-12-23)27(33)34/h3-4,7-12,17,20H,1,5-6,13-16H2,2H3,(H,33,34)/b24-17-. The van der Waals surface area contributed by atoms with Crippen molar-refractivity contribution in [3.05, 3.63) is 77.7 Å². The van der Waals surface area contributed by atoms with Crippen molar-refractivity contribution in [3.8, 4) is 0 Å². The van der Waals surface area contributed by atoms with E-state index in [0.717, 1.165) is 56.0 Å². The Morgan fingerprint density at radius 2 is 1.66 bits per heavy atom. The molecule has 1 amide bonds. The molecule has 0 atom stereocenters. The molecule has 1 aliphatic carbocycles. The number of hydrogen-bond donors (Lipinski definition) is 1. The molecule has 0 spiro atoms. The maximum Gasteiger partial charge on any atom is 0.335 e. The monoisotopic (exact) mass is 472 g/mol. The van der Waals surface area contributed by atoms with Crippen LogP contribution in [0.1, 0.15) is 28.8 Å². The summed E-state index contributed by atoms with van der Waals surface area (Å²) >= 11 is 0. The number of benzene rings is 2. The maximum absolute atomic E-state index is 13.3. The highest BCUT2D eigenvalue weighted by molar-refractivity contribution is 6.33. The number of methoxy groups -OCH3 is 1. The van der Waals surface area contributed by atoms with Crippen LogP contribution in [0.4, 0.5) is 11.4 Å². The number of hydrazone groups is 1. The Morgan fingerprint density at radius 1 is 1.03 bits per heavy atom. The number of anilines is 2. The first-order valence-corrected chi connectivity index (χ1v) is 11.8. The smallest absolute Gasteiger partial charge is 0.335 e. The average molecular weight is 473 g/mol. The van der Waals surface area contributed by atoms with E-state index in [1.54, 1.807) is 19.2 Å². The number of carbonyl (C=O) groups is 2. The van der Waals surface area contributed by atoms with Crippen LogP contribution in [0.25, 0.3) is 6.08 Å². The molecule has 2 aromatic carbocycles. The lowest BCUT2D eigenvalue weighted by Gasteiger charge is -2.37. The second-order valence-corrected chi connectivity index (χ2v) is 8.95. The molecule has 0 bridgehead atoms. The van der Waals surface area contributed by atoms with Crippen LogP contribution in [0.5, 0.6) is 0 Å². The van der Waals surface area contributed by atoms with E-state index in [9.17, 15) is 9.59 Å². The fourth-order valence-corrected chi connectivity index (χ4v) is 4.44. The number of hydrogen-bond acceptors (Lipinski definition) is 6. The minimum atomic E-state index is -1.00. The van der Waals surface area contributed by atoms with Crippen molar-refractivity contribution in [2.75, 3.05) is 43.2 Å². The summed E-state index contributed by atoms with van der Waals surface area (Å²) in [6.07, 6.45) is 3.96. The van der Waals surface area contributed by atoms with E-state index in [0.29, 0.717) is 23.1 Å². The van der Waals surface area contributed by atoms with Crippen LogP contribution in [-0.2, 0) is 9.53 Å². The van der Waals surface area contributed by atoms with E-state index in [1.165, 1.54) is 17.1 Å². The summed E-state index contributed by atoms with van der Waals surface area (Å²) in [5.74, 6) is -0.190. The Labute approximate surface area is 204 Å². The predicted octanol–water partition coefficient (Wildman–Crippen LogP) is 3.82. The lowest BCUT2D eigenvalue weighted by Crippen LogP contribution is -2.45. The number of ether oxygens (including phenoxy) is 1. The Balaban J connectivity index is 1.32. The van der Waals surface area contributed by atoms with E-state index >= 15 is 0 Å². The van der Waals surface area contributed by atoms with E-state index in [-0.39, 0.29) is 11.5 Å². The number of carbonyl (C=O) groups excluding carboxylic acids is 1. The highest BCUT2D eigenvalue weighted by Gasteiger charge is 2.39. The topological polar surface area (TPSA) is 85.7 Å². The molecule has 5 rings (SSSR count). The number of rotatable bonds is 7. The summed E-state index contributed by atoms with van der Waals surface area (Å²) in [4.78, 5) is 28.9. The second kappa shape index (κ2) is 9.29. The molecule has 2 fully saturated rings. The summed E-state index contributed by atoms with van der Waals surface area (Å²) in [6, 6.07) is 14.5. The summed E-state index contributed by atoms with van der Waals surface area (Å²) in [5, 5.41) is 15.1. The van der Waals surface area contributed by atoms with Crippen LogP contribution < -0.4 is 9.91 Å². The molecule has 0 aromatic heterocycles. The molecule has 8 nitrogen and oxygen atoms in total. The minimum Gasteiger partial charge on any atom is -0.483 e. The summed E-state index contributed by atoms with van der Waals surface area (Å²) in [6.45, 7) is 7.42. The molecule has 2 heterocycles. The van der Waals surface area contributed by atoms with Crippen LogP contribution >= 0.6 is 0 Å². The van der Waals surface area contributed by atoms with Gasteiger partial charge in [0, 0.05) is 37.8 Å². The van der Waals surface area contributed by atoms with Gasteiger partial charge in [0.25, 0.3) is 5.91 Å². The zero-order chi connectivity index (χ0) is 24.5. The summed E-state index contributed by atoms with van der Waals surface area (Å²) < 4.78 is 5.24. The van der Waals surface area contributed by atoms with Gasteiger partial charge in [-0.3, -0.25) is 4.79 Å². The normalized spacial score (nSPS) is 19.2. The Bertz CT molecular complexity index is 1200. The summed E-state index contributed by atoms with van der Waals surface area (Å²) in [5.41, 5.74) is 4.24. The number of carboxylic acids is 1. The molecular formula is C27H28N4O4. The molecule has 2 aromatic rings. The third-order valence-corrected chi connectivity index (χ3v) is 6.67. The van der Waals surface area contributed by atoms with Gasteiger partial charge >= 0.3 is 5.97 Å².